The van der Waals surface area contributed by atoms with Crippen molar-refractivity contribution in [2.75, 3.05) is 53.6 Å². The normalized spacial score (nSPS) is 16.5. The maximum atomic E-state index is 13.0. The van der Waals surface area contributed by atoms with E-state index in [0.29, 0.717) is 56.5 Å². The Morgan fingerprint density at radius 2 is 2.00 bits per heavy atom. The number of carbonyl (C=O) groups excluding carboxylic acids is 2. The van der Waals surface area contributed by atoms with Crippen LogP contribution in [0.15, 0.2) is 47.1 Å². The van der Waals surface area contributed by atoms with E-state index in [9.17, 15) is 9.59 Å². The molecule has 1 aromatic heterocycles. The third-order valence-electron chi connectivity index (χ3n) is 4.77. The SMILES string of the molecule is COCCN(CC1CN(C(=O)c2ccco2)CCO1)C(=O)c1ccc(OC)cc1. The number of hydrogen-bond donors (Lipinski definition) is 0. The second kappa shape index (κ2) is 10.1. The van der Waals surface area contributed by atoms with Crippen LogP contribution in [0.25, 0.3) is 0 Å². The van der Waals surface area contributed by atoms with Gasteiger partial charge < -0.3 is 28.4 Å². The van der Waals surface area contributed by atoms with E-state index in [2.05, 4.69) is 0 Å². The lowest BCUT2D eigenvalue weighted by Crippen LogP contribution is -2.51. The molecule has 0 saturated carbocycles. The molecule has 1 atom stereocenters. The summed E-state index contributed by atoms with van der Waals surface area (Å²) in [5, 5.41) is 0. The molecule has 1 aliphatic rings. The Morgan fingerprint density at radius 3 is 2.66 bits per heavy atom. The zero-order valence-electron chi connectivity index (χ0n) is 16.7. The van der Waals surface area contributed by atoms with Gasteiger partial charge in [-0.15, -0.1) is 0 Å². The minimum absolute atomic E-state index is 0.122. The molecule has 2 amide bonds. The third kappa shape index (κ3) is 5.36. The molecule has 1 aromatic carbocycles. The van der Waals surface area contributed by atoms with Crippen molar-refractivity contribution in [1.82, 2.24) is 9.80 Å². The predicted octanol–water partition coefficient (Wildman–Crippen LogP) is 1.92. The number of nitrogens with zero attached hydrogens (tertiary/aromatic N) is 2. The lowest BCUT2D eigenvalue weighted by atomic mass is 10.1. The fourth-order valence-corrected chi connectivity index (χ4v) is 3.21. The first-order valence-electron chi connectivity index (χ1n) is 9.49. The van der Waals surface area contributed by atoms with Crippen molar-refractivity contribution in [2.24, 2.45) is 0 Å². The summed E-state index contributed by atoms with van der Waals surface area (Å²) in [5.74, 6) is 0.694. The van der Waals surface area contributed by atoms with E-state index < -0.39 is 0 Å². The summed E-state index contributed by atoms with van der Waals surface area (Å²) in [6.07, 6.45) is 1.19. The van der Waals surface area contributed by atoms with Crippen molar-refractivity contribution in [1.29, 1.82) is 0 Å². The van der Waals surface area contributed by atoms with Crippen LogP contribution in [0.4, 0.5) is 0 Å². The largest absolute Gasteiger partial charge is 0.497 e. The molecular formula is C21H26N2O6. The fraction of sp³-hybridized carbons (Fsp3) is 0.429. The highest BCUT2D eigenvalue weighted by atomic mass is 16.5. The Balaban J connectivity index is 1.66. The maximum absolute atomic E-state index is 13.0. The Morgan fingerprint density at radius 1 is 1.21 bits per heavy atom. The van der Waals surface area contributed by atoms with Crippen molar-refractivity contribution in [3.8, 4) is 5.75 Å². The van der Waals surface area contributed by atoms with Gasteiger partial charge in [0, 0.05) is 38.9 Å². The molecule has 0 spiro atoms. The summed E-state index contributed by atoms with van der Waals surface area (Å²) in [7, 11) is 3.18. The van der Waals surface area contributed by atoms with Crippen molar-refractivity contribution in [3.05, 3.63) is 54.0 Å². The number of furan rings is 1. The Labute approximate surface area is 169 Å². The zero-order chi connectivity index (χ0) is 20.6. The van der Waals surface area contributed by atoms with Gasteiger partial charge in [0.05, 0.1) is 32.7 Å². The van der Waals surface area contributed by atoms with E-state index in [1.165, 1.54) is 6.26 Å². The molecule has 2 aromatic rings. The second-order valence-corrected chi connectivity index (χ2v) is 6.69. The maximum Gasteiger partial charge on any atom is 0.289 e. The molecule has 1 fully saturated rings. The van der Waals surface area contributed by atoms with E-state index >= 15 is 0 Å². The quantitative estimate of drug-likeness (QED) is 0.671. The topological polar surface area (TPSA) is 81.5 Å². The summed E-state index contributed by atoms with van der Waals surface area (Å²) < 4.78 is 21.4. The Kier molecular flexibility index (Phi) is 7.26. The van der Waals surface area contributed by atoms with Crippen LogP contribution in [0.3, 0.4) is 0 Å². The molecule has 2 heterocycles. The highest BCUT2D eigenvalue weighted by Crippen LogP contribution is 2.16. The van der Waals surface area contributed by atoms with Gasteiger partial charge in [-0.1, -0.05) is 0 Å². The molecule has 0 N–H and O–H groups in total. The van der Waals surface area contributed by atoms with Crippen molar-refractivity contribution in [2.45, 2.75) is 6.10 Å². The van der Waals surface area contributed by atoms with Gasteiger partial charge in [0.2, 0.25) is 0 Å². The molecule has 1 saturated heterocycles. The summed E-state index contributed by atoms with van der Waals surface area (Å²) in [5.41, 5.74) is 0.557. The molecule has 29 heavy (non-hydrogen) atoms. The smallest absolute Gasteiger partial charge is 0.289 e. The van der Waals surface area contributed by atoms with Crippen LogP contribution >= 0.6 is 0 Å². The van der Waals surface area contributed by atoms with Crippen LogP contribution in [0.1, 0.15) is 20.9 Å². The number of methoxy groups -OCH3 is 2. The summed E-state index contributed by atoms with van der Waals surface area (Å²) in [4.78, 5) is 28.9. The summed E-state index contributed by atoms with van der Waals surface area (Å²) >= 11 is 0. The fourth-order valence-electron chi connectivity index (χ4n) is 3.21. The number of ether oxygens (including phenoxy) is 3. The van der Waals surface area contributed by atoms with Gasteiger partial charge in [-0.2, -0.15) is 0 Å². The molecule has 3 rings (SSSR count). The minimum atomic E-state index is -0.290. The molecule has 8 heteroatoms. The van der Waals surface area contributed by atoms with Crippen LogP contribution in [0.5, 0.6) is 5.75 Å². The van der Waals surface area contributed by atoms with Gasteiger partial charge in [0.1, 0.15) is 5.75 Å². The lowest BCUT2D eigenvalue weighted by molar-refractivity contribution is -0.0354. The van der Waals surface area contributed by atoms with Crippen LogP contribution < -0.4 is 4.74 Å². The van der Waals surface area contributed by atoms with Crippen LogP contribution in [-0.2, 0) is 9.47 Å². The first-order chi connectivity index (χ1) is 14.1. The third-order valence-corrected chi connectivity index (χ3v) is 4.77. The van der Waals surface area contributed by atoms with Crippen LogP contribution in [0.2, 0.25) is 0 Å². The van der Waals surface area contributed by atoms with E-state index in [-0.39, 0.29) is 17.9 Å². The van der Waals surface area contributed by atoms with E-state index in [1.807, 2.05) is 0 Å². The van der Waals surface area contributed by atoms with Gasteiger partial charge in [-0.05, 0) is 36.4 Å². The number of amides is 2. The van der Waals surface area contributed by atoms with E-state index in [1.54, 1.807) is 60.4 Å². The molecule has 8 nitrogen and oxygen atoms in total. The molecule has 0 aliphatic carbocycles. The summed E-state index contributed by atoms with van der Waals surface area (Å²) in [6, 6.07) is 10.3. The van der Waals surface area contributed by atoms with Crippen molar-refractivity contribution < 1.29 is 28.2 Å². The molecule has 0 bridgehead atoms. The van der Waals surface area contributed by atoms with Gasteiger partial charge >= 0.3 is 0 Å². The van der Waals surface area contributed by atoms with Crippen LogP contribution in [-0.4, -0.2) is 81.3 Å². The van der Waals surface area contributed by atoms with Crippen molar-refractivity contribution >= 4 is 11.8 Å². The molecule has 1 unspecified atom stereocenters. The van der Waals surface area contributed by atoms with E-state index in [4.69, 9.17) is 18.6 Å². The number of morpholine rings is 1. The predicted molar refractivity (Wildman–Crippen MR) is 105 cm³/mol. The molecule has 156 valence electrons. The monoisotopic (exact) mass is 402 g/mol. The molecule has 1 aliphatic heterocycles. The van der Waals surface area contributed by atoms with Gasteiger partial charge in [0.15, 0.2) is 5.76 Å². The Hall–Kier alpha value is -2.84. The first kappa shape index (κ1) is 20.9. The second-order valence-electron chi connectivity index (χ2n) is 6.69. The van der Waals surface area contributed by atoms with Gasteiger partial charge in [0.25, 0.3) is 11.8 Å². The van der Waals surface area contributed by atoms with Gasteiger partial charge in [-0.25, -0.2) is 0 Å². The first-order valence-corrected chi connectivity index (χ1v) is 9.49. The molecule has 0 radical (unpaired) electrons. The lowest BCUT2D eigenvalue weighted by Gasteiger charge is -2.35. The minimum Gasteiger partial charge on any atom is -0.497 e. The average molecular weight is 402 g/mol. The van der Waals surface area contributed by atoms with E-state index in [0.717, 1.165) is 0 Å². The highest BCUT2D eigenvalue weighted by molar-refractivity contribution is 5.94. The number of hydrogen-bond acceptors (Lipinski definition) is 6. The van der Waals surface area contributed by atoms with Crippen molar-refractivity contribution in [3.63, 3.8) is 0 Å². The standard InChI is InChI=1S/C21H26N2O6/c1-26-12-9-22(20(24)16-5-7-17(27-2)8-6-16)14-18-15-23(10-13-28-18)21(25)19-4-3-11-29-19/h3-8,11,18H,9-10,12-15H2,1-2H3. The Bertz CT molecular complexity index is 790. The highest BCUT2D eigenvalue weighted by Gasteiger charge is 2.29. The summed E-state index contributed by atoms with van der Waals surface area (Å²) in [6.45, 7) is 2.47. The average Bonchev–Trinajstić information content (AvgIpc) is 3.31. The van der Waals surface area contributed by atoms with Gasteiger partial charge in [-0.3, -0.25) is 9.59 Å². The number of benzene rings is 1. The van der Waals surface area contributed by atoms with Crippen LogP contribution in [0, 0.1) is 0 Å². The number of carbonyl (C=O) groups is 2. The molecular weight excluding hydrogens is 376 g/mol. The zero-order valence-corrected chi connectivity index (χ0v) is 16.7. The number of rotatable bonds is 8.